The van der Waals surface area contributed by atoms with Gasteiger partial charge in [0.25, 0.3) is 0 Å². The average molecular weight is 419 g/mol. The lowest BCUT2D eigenvalue weighted by Gasteiger charge is -2.34. The monoisotopic (exact) mass is 419 g/mol. The van der Waals surface area contributed by atoms with Crippen LogP contribution in [0.3, 0.4) is 0 Å². The molecule has 2 aromatic rings. The highest BCUT2D eigenvalue weighted by Crippen LogP contribution is 2.23. The second-order valence-electron chi connectivity index (χ2n) is 7.78. The van der Waals surface area contributed by atoms with E-state index in [-0.39, 0.29) is 23.9 Å². The molecule has 4 N–H and O–H groups in total. The predicted molar refractivity (Wildman–Crippen MR) is 108 cm³/mol. The second kappa shape index (κ2) is 9.34. The van der Waals surface area contributed by atoms with Crippen LogP contribution in [0.4, 0.5) is 8.78 Å². The van der Waals surface area contributed by atoms with Crippen LogP contribution < -0.4 is 11.1 Å². The molecule has 1 aliphatic heterocycles. The maximum atomic E-state index is 14.0. The van der Waals surface area contributed by atoms with E-state index >= 15 is 0 Å². The number of rotatable bonds is 6. The Balaban J connectivity index is 1.58. The van der Waals surface area contributed by atoms with Crippen molar-refractivity contribution in [1.29, 1.82) is 0 Å². The van der Waals surface area contributed by atoms with E-state index in [1.165, 1.54) is 12.3 Å². The molecule has 2 amide bonds. The number of nitrogens with one attached hydrogen (secondary N) is 2. The maximum absolute atomic E-state index is 14.0. The number of hydrogen-bond donors (Lipinski definition) is 3. The zero-order valence-corrected chi connectivity index (χ0v) is 17.1. The Hall–Kier alpha value is -2.81. The number of aromatic amines is 1. The zero-order chi connectivity index (χ0) is 21.8. The first kappa shape index (κ1) is 21.9. The number of nitrogens with two attached hydrogens (primary N) is 1. The van der Waals surface area contributed by atoms with E-state index in [1.54, 1.807) is 11.8 Å². The third-order valence-corrected chi connectivity index (χ3v) is 5.44. The summed E-state index contributed by atoms with van der Waals surface area (Å²) in [6.45, 7) is 4.39. The number of carbonyl (C=O) groups is 2. The number of likely N-dealkylation sites (tertiary alicyclic amines) is 1. The first-order valence-electron chi connectivity index (χ1n) is 10.1. The zero-order valence-electron chi connectivity index (χ0n) is 17.1. The van der Waals surface area contributed by atoms with Crippen LogP contribution in [-0.4, -0.2) is 45.3 Å². The highest BCUT2D eigenvalue weighted by molar-refractivity contribution is 5.88. The third kappa shape index (κ3) is 5.02. The number of carbonyl (C=O) groups excluding carboxylic acids is 2. The summed E-state index contributed by atoms with van der Waals surface area (Å²) in [7, 11) is 0. The molecule has 1 aliphatic rings. The summed E-state index contributed by atoms with van der Waals surface area (Å²) in [5.41, 5.74) is 6.49. The van der Waals surface area contributed by atoms with E-state index < -0.39 is 29.6 Å². The van der Waals surface area contributed by atoms with Gasteiger partial charge < -0.3 is 20.9 Å². The van der Waals surface area contributed by atoms with Gasteiger partial charge in [-0.1, -0.05) is 0 Å². The van der Waals surface area contributed by atoms with E-state index in [1.807, 2.05) is 6.92 Å². The first-order valence-corrected chi connectivity index (χ1v) is 10.1. The molecule has 7 nitrogen and oxygen atoms in total. The minimum atomic E-state index is -0.974. The summed E-state index contributed by atoms with van der Waals surface area (Å²) in [6.07, 6.45) is 4.37. The van der Waals surface area contributed by atoms with Crippen LogP contribution in [0.1, 0.15) is 51.4 Å². The fraction of sp³-hybridized carbons (Fsp3) is 0.476. The number of H-pyrrole nitrogens is 1. The van der Waals surface area contributed by atoms with Crippen molar-refractivity contribution < 1.29 is 18.4 Å². The van der Waals surface area contributed by atoms with Gasteiger partial charge in [0.1, 0.15) is 17.5 Å². The SMILES string of the molecule is CC(NC(=O)C(N)CC(=O)N1CCCC[C@@H]1C)c1ncc(-c2ccc(F)cc2F)[nH]1. The molecule has 3 rings (SSSR count). The molecule has 1 aromatic carbocycles. The molecular formula is C21H27F2N5O2. The number of benzene rings is 1. The Bertz CT molecular complexity index is 917. The van der Waals surface area contributed by atoms with Gasteiger partial charge in [0.15, 0.2) is 0 Å². The molecule has 0 bridgehead atoms. The van der Waals surface area contributed by atoms with Crippen LogP contribution in [0.2, 0.25) is 0 Å². The summed E-state index contributed by atoms with van der Waals surface area (Å²) < 4.78 is 27.0. The number of imidazole rings is 1. The number of aromatic nitrogens is 2. The van der Waals surface area contributed by atoms with Crippen LogP contribution in [-0.2, 0) is 9.59 Å². The third-order valence-electron chi connectivity index (χ3n) is 5.44. The first-order chi connectivity index (χ1) is 14.3. The molecule has 0 saturated carbocycles. The van der Waals surface area contributed by atoms with E-state index in [4.69, 9.17) is 5.73 Å². The Labute approximate surface area is 174 Å². The number of nitrogens with zero attached hydrogens (tertiary/aromatic N) is 2. The quantitative estimate of drug-likeness (QED) is 0.670. The summed E-state index contributed by atoms with van der Waals surface area (Å²) in [6, 6.07) is 1.91. The molecule has 9 heteroatoms. The Morgan fingerprint density at radius 1 is 1.37 bits per heavy atom. The van der Waals surface area contributed by atoms with E-state index in [2.05, 4.69) is 15.3 Å². The molecule has 2 heterocycles. The Kier molecular flexibility index (Phi) is 6.81. The molecule has 1 saturated heterocycles. The topological polar surface area (TPSA) is 104 Å². The second-order valence-corrected chi connectivity index (χ2v) is 7.78. The molecule has 30 heavy (non-hydrogen) atoms. The van der Waals surface area contributed by atoms with Gasteiger partial charge in [-0.05, 0) is 45.2 Å². The largest absolute Gasteiger partial charge is 0.345 e. The molecule has 2 unspecified atom stereocenters. The highest BCUT2D eigenvalue weighted by Gasteiger charge is 2.27. The average Bonchev–Trinajstić information content (AvgIpc) is 3.18. The van der Waals surface area contributed by atoms with Gasteiger partial charge in [0.2, 0.25) is 11.8 Å². The molecule has 0 radical (unpaired) electrons. The lowest BCUT2D eigenvalue weighted by molar-refractivity contribution is -0.137. The summed E-state index contributed by atoms with van der Waals surface area (Å²) >= 11 is 0. The highest BCUT2D eigenvalue weighted by atomic mass is 19.1. The van der Waals surface area contributed by atoms with Gasteiger partial charge in [0.05, 0.1) is 30.4 Å². The minimum Gasteiger partial charge on any atom is -0.345 e. The molecule has 1 fully saturated rings. The van der Waals surface area contributed by atoms with Gasteiger partial charge >= 0.3 is 0 Å². The summed E-state index contributed by atoms with van der Waals surface area (Å²) in [5, 5.41) is 2.72. The van der Waals surface area contributed by atoms with Crippen molar-refractivity contribution in [2.75, 3.05) is 6.54 Å². The van der Waals surface area contributed by atoms with Crippen LogP contribution in [0.25, 0.3) is 11.3 Å². The van der Waals surface area contributed by atoms with Crippen molar-refractivity contribution in [2.24, 2.45) is 5.73 Å². The minimum absolute atomic E-state index is 0.0624. The molecule has 1 aromatic heterocycles. The summed E-state index contributed by atoms with van der Waals surface area (Å²) in [4.78, 5) is 33.8. The Morgan fingerprint density at radius 3 is 2.83 bits per heavy atom. The Morgan fingerprint density at radius 2 is 2.13 bits per heavy atom. The van der Waals surface area contributed by atoms with Crippen molar-refractivity contribution in [3.8, 4) is 11.3 Å². The van der Waals surface area contributed by atoms with E-state index in [0.717, 1.165) is 31.4 Å². The molecular weight excluding hydrogens is 392 g/mol. The summed E-state index contributed by atoms with van der Waals surface area (Å²) in [5.74, 6) is -1.57. The molecule has 0 spiro atoms. The van der Waals surface area contributed by atoms with Crippen molar-refractivity contribution in [1.82, 2.24) is 20.2 Å². The number of amides is 2. The van der Waals surface area contributed by atoms with Gasteiger partial charge in [-0.15, -0.1) is 0 Å². The number of hydrogen-bond acceptors (Lipinski definition) is 4. The van der Waals surface area contributed by atoms with Crippen molar-refractivity contribution in [2.45, 2.75) is 57.7 Å². The normalized spacial score (nSPS) is 18.7. The van der Waals surface area contributed by atoms with Crippen molar-refractivity contribution >= 4 is 11.8 Å². The fourth-order valence-electron chi connectivity index (χ4n) is 3.66. The van der Waals surface area contributed by atoms with Crippen LogP contribution >= 0.6 is 0 Å². The van der Waals surface area contributed by atoms with E-state index in [9.17, 15) is 18.4 Å². The molecule has 3 atom stereocenters. The van der Waals surface area contributed by atoms with Crippen molar-refractivity contribution in [3.63, 3.8) is 0 Å². The van der Waals surface area contributed by atoms with Gasteiger partial charge in [-0.2, -0.15) is 0 Å². The predicted octanol–water partition coefficient (Wildman–Crippen LogP) is 2.65. The van der Waals surface area contributed by atoms with Gasteiger partial charge in [-0.25, -0.2) is 13.8 Å². The van der Waals surface area contributed by atoms with Crippen LogP contribution in [0.5, 0.6) is 0 Å². The lowest BCUT2D eigenvalue weighted by atomic mass is 10.0. The standard InChI is InChI=1S/C21H27F2N5O2/c1-12-5-3-4-8-28(12)19(29)10-17(24)21(30)26-13(2)20-25-11-18(27-20)15-7-6-14(22)9-16(15)23/h6-7,9,11-13,17H,3-5,8,10,24H2,1-2H3,(H,25,27)(H,26,30)/t12-,13?,17?/m0/s1. The number of piperidine rings is 1. The van der Waals surface area contributed by atoms with Crippen LogP contribution in [0.15, 0.2) is 24.4 Å². The lowest BCUT2D eigenvalue weighted by Crippen LogP contribution is -2.48. The smallest absolute Gasteiger partial charge is 0.238 e. The van der Waals surface area contributed by atoms with E-state index in [0.29, 0.717) is 18.1 Å². The molecule has 162 valence electrons. The van der Waals surface area contributed by atoms with Crippen LogP contribution in [0, 0.1) is 11.6 Å². The maximum Gasteiger partial charge on any atom is 0.238 e. The fourth-order valence-corrected chi connectivity index (χ4v) is 3.66. The van der Waals surface area contributed by atoms with Gasteiger partial charge in [-0.3, -0.25) is 9.59 Å². The van der Waals surface area contributed by atoms with Crippen molar-refractivity contribution in [3.05, 3.63) is 41.9 Å². The van der Waals surface area contributed by atoms with Gasteiger partial charge in [0, 0.05) is 24.2 Å². The molecule has 0 aliphatic carbocycles. The number of halogens is 2.